The summed E-state index contributed by atoms with van der Waals surface area (Å²) < 4.78 is 0. The molecule has 4 nitrogen and oxygen atoms in total. The number of aromatic nitrogens is 3. The first-order valence-corrected chi connectivity index (χ1v) is 4.24. The Morgan fingerprint density at radius 1 is 1.43 bits per heavy atom. The van der Waals surface area contributed by atoms with Crippen LogP contribution in [0.3, 0.4) is 0 Å². The number of carbonyl (C=O) groups excluding carboxylic acids is 1. The molecular weight excluding hydrogens is 178 g/mol. The molecule has 0 atom stereocenters. The molecule has 2 heterocycles. The lowest BCUT2D eigenvalue weighted by Crippen LogP contribution is -1.86. The van der Waals surface area contributed by atoms with E-state index in [0.29, 0.717) is 12.1 Å². The summed E-state index contributed by atoms with van der Waals surface area (Å²) in [4.78, 5) is 21.4. The summed E-state index contributed by atoms with van der Waals surface area (Å²) in [5.41, 5.74) is 2.49. The third-order valence-corrected chi connectivity index (χ3v) is 1.87. The highest BCUT2D eigenvalue weighted by Crippen LogP contribution is 2.13. The molecule has 2 aromatic heterocycles. The highest BCUT2D eigenvalue weighted by Gasteiger charge is 2.02. The zero-order valence-electron chi connectivity index (χ0n) is 7.69. The van der Waals surface area contributed by atoms with Crippen molar-refractivity contribution >= 4 is 6.29 Å². The van der Waals surface area contributed by atoms with Crippen LogP contribution >= 0.6 is 0 Å². The lowest BCUT2D eigenvalue weighted by molar-refractivity contribution is 0.111. The molecule has 0 spiro atoms. The van der Waals surface area contributed by atoms with Crippen molar-refractivity contribution < 1.29 is 4.79 Å². The summed E-state index contributed by atoms with van der Waals surface area (Å²) >= 11 is 0. The van der Waals surface area contributed by atoms with Gasteiger partial charge in [-0.15, -0.1) is 0 Å². The number of hydrogen-bond acceptors (Lipinski definition) is 3. The third kappa shape index (κ3) is 1.54. The Bertz CT molecular complexity index is 462. The molecular formula is C10H9N3O. The molecule has 0 aliphatic rings. The molecule has 70 valence electrons. The standard InChI is InChI=1S/C10H9N3O/c1-7-3-2-4-8(12-7)9-5-11-10(6-14)13-9/h2-6H,1H3,(H,11,13). The largest absolute Gasteiger partial charge is 0.334 e. The van der Waals surface area contributed by atoms with Gasteiger partial charge in [0.1, 0.15) is 0 Å². The number of nitrogens with one attached hydrogen (secondary N) is 1. The molecule has 0 aliphatic heterocycles. The van der Waals surface area contributed by atoms with Crippen LogP contribution in [0.1, 0.15) is 16.3 Å². The zero-order valence-corrected chi connectivity index (χ0v) is 7.69. The second-order valence-corrected chi connectivity index (χ2v) is 2.96. The molecule has 0 aliphatic carbocycles. The molecule has 0 saturated carbocycles. The molecule has 0 aromatic carbocycles. The minimum absolute atomic E-state index is 0.323. The van der Waals surface area contributed by atoms with Crippen LogP contribution in [-0.4, -0.2) is 21.2 Å². The molecule has 2 aromatic rings. The molecule has 4 heteroatoms. The predicted octanol–water partition coefficient (Wildman–Crippen LogP) is 1.59. The number of hydrogen-bond donors (Lipinski definition) is 1. The number of nitrogens with zero attached hydrogens (tertiary/aromatic N) is 2. The van der Waals surface area contributed by atoms with Crippen LogP contribution in [0, 0.1) is 6.92 Å². The van der Waals surface area contributed by atoms with E-state index in [1.165, 1.54) is 0 Å². The van der Waals surface area contributed by atoms with Crippen molar-refractivity contribution in [3.63, 3.8) is 0 Å². The average molecular weight is 187 g/mol. The first-order valence-electron chi connectivity index (χ1n) is 4.24. The Morgan fingerprint density at radius 2 is 2.29 bits per heavy atom. The number of rotatable bonds is 2. The van der Waals surface area contributed by atoms with Gasteiger partial charge < -0.3 is 4.98 Å². The summed E-state index contributed by atoms with van der Waals surface area (Å²) in [6, 6.07) is 5.70. The number of H-pyrrole nitrogens is 1. The summed E-state index contributed by atoms with van der Waals surface area (Å²) in [7, 11) is 0. The normalized spacial score (nSPS) is 10.1. The van der Waals surface area contributed by atoms with E-state index in [4.69, 9.17) is 0 Å². The van der Waals surface area contributed by atoms with Crippen LogP contribution in [0.4, 0.5) is 0 Å². The minimum atomic E-state index is 0.323. The predicted molar refractivity (Wildman–Crippen MR) is 51.9 cm³/mol. The van der Waals surface area contributed by atoms with Crippen LogP contribution in [0.2, 0.25) is 0 Å². The van der Waals surface area contributed by atoms with Gasteiger partial charge in [0.25, 0.3) is 0 Å². The fourth-order valence-electron chi connectivity index (χ4n) is 1.22. The van der Waals surface area contributed by atoms with E-state index in [-0.39, 0.29) is 0 Å². The lowest BCUT2D eigenvalue weighted by atomic mass is 10.2. The van der Waals surface area contributed by atoms with Crippen molar-refractivity contribution in [2.24, 2.45) is 0 Å². The highest BCUT2D eigenvalue weighted by molar-refractivity contribution is 5.71. The van der Waals surface area contributed by atoms with Gasteiger partial charge in [0, 0.05) is 5.69 Å². The summed E-state index contributed by atoms with van der Waals surface area (Å²) in [5, 5.41) is 0. The van der Waals surface area contributed by atoms with E-state index in [2.05, 4.69) is 15.0 Å². The second kappa shape index (κ2) is 3.41. The smallest absolute Gasteiger partial charge is 0.185 e. The number of aldehydes is 1. The van der Waals surface area contributed by atoms with Gasteiger partial charge in [-0.3, -0.25) is 9.78 Å². The van der Waals surface area contributed by atoms with Crippen LogP contribution in [0.5, 0.6) is 0 Å². The molecule has 2 rings (SSSR count). The van der Waals surface area contributed by atoms with Crippen LogP contribution < -0.4 is 0 Å². The summed E-state index contributed by atoms with van der Waals surface area (Å²) in [6.45, 7) is 1.92. The van der Waals surface area contributed by atoms with Crippen molar-refractivity contribution in [3.05, 3.63) is 35.9 Å². The highest BCUT2D eigenvalue weighted by atomic mass is 16.1. The number of carbonyl (C=O) groups is 1. The fraction of sp³-hybridized carbons (Fsp3) is 0.100. The van der Waals surface area contributed by atoms with Gasteiger partial charge >= 0.3 is 0 Å². The number of pyridine rings is 1. The van der Waals surface area contributed by atoms with Gasteiger partial charge in [0.2, 0.25) is 0 Å². The summed E-state index contributed by atoms with van der Waals surface area (Å²) in [6.07, 6.45) is 2.28. The molecule has 14 heavy (non-hydrogen) atoms. The number of aryl methyl sites for hydroxylation is 1. The summed E-state index contributed by atoms with van der Waals surface area (Å²) in [5.74, 6) is 0.323. The maximum atomic E-state index is 10.4. The van der Waals surface area contributed by atoms with E-state index >= 15 is 0 Å². The van der Waals surface area contributed by atoms with E-state index in [9.17, 15) is 4.79 Å². The van der Waals surface area contributed by atoms with Crippen LogP contribution in [0.25, 0.3) is 11.4 Å². The first-order chi connectivity index (χ1) is 6.79. The SMILES string of the molecule is Cc1cccc(-c2cnc(C=O)[nH]2)n1. The Labute approximate surface area is 81.0 Å². The van der Waals surface area contributed by atoms with Crippen LogP contribution in [0.15, 0.2) is 24.4 Å². The topological polar surface area (TPSA) is 58.6 Å². The maximum absolute atomic E-state index is 10.4. The zero-order chi connectivity index (χ0) is 9.97. The monoisotopic (exact) mass is 187 g/mol. The van der Waals surface area contributed by atoms with E-state index in [1.807, 2.05) is 25.1 Å². The Hall–Kier alpha value is -1.97. The van der Waals surface area contributed by atoms with Crippen molar-refractivity contribution in [2.75, 3.05) is 0 Å². The Kier molecular flexibility index (Phi) is 2.10. The van der Waals surface area contributed by atoms with Gasteiger partial charge in [-0.2, -0.15) is 0 Å². The second-order valence-electron chi connectivity index (χ2n) is 2.96. The molecule has 0 fully saturated rings. The molecule has 0 amide bonds. The van der Waals surface area contributed by atoms with Crippen molar-refractivity contribution in [1.82, 2.24) is 15.0 Å². The average Bonchev–Trinajstić information content (AvgIpc) is 2.66. The number of imidazole rings is 1. The van der Waals surface area contributed by atoms with E-state index in [1.54, 1.807) is 6.20 Å². The van der Waals surface area contributed by atoms with Gasteiger partial charge in [-0.05, 0) is 19.1 Å². The Balaban J connectivity index is 2.43. The van der Waals surface area contributed by atoms with Crippen molar-refractivity contribution in [1.29, 1.82) is 0 Å². The first kappa shape index (κ1) is 8.62. The Morgan fingerprint density at radius 3 is 2.93 bits per heavy atom. The lowest BCUT2D eigenvalue weighted by Gasteiger charge is -1.96. The fourth-order valence-corrected chi connectivity index (χ4v) is 1.22. The van der Waals surface area contributed by atoms with Crippen molar-refractivity contribution in [3.8, 4) is 11.4 Å². The third-order valence-electron chi connectivity index (χ3n) is 1.87. The van der Waals surface area contributed by atoms with Gasteiger partial charge in [0.05, 0.1) is 17.6 Å². The number of aromatic amines is 1. The van der Waals surface area contributed by atoms with Gasteiger partial charge in [0.15, 0.2) is 12.1 Å². The molecule has 0 bridgehead atoms. The van der Waals surface area contributed by atoms with Crippen molar-refractivity contribution in [2.45, 2.75) is 6.92 Å². The van der Waals surface area contributed by atoms with Crippen LogP contribution in [-0.2, 0) is 0 Å². The molecule has 0 saturated heterocycles. The van der Waals surface area contributed by atoms with E-state index < -0.39 is 0 Å². The van der Waals surface area contributed by atoms with Gasteiger partial charge in [-0.25, -0.2) is 4.98 Å². The molecule has 1 N–H and O–H groups in total. The van der Waals surface area contributed by atoms with Gasteiger partial charge in [-0.1, -0.05) is 6.07 Å². The molecule has 0 unspecified atom stereocenters. The van der Waals surface area contributed by atoms with E-state index in [0.717, 1.165) is 17.1 Å². The molecule has 0 radical (unpaired) electrons. The maximum Gasteiger partial charge on any atom is 0.185 e. The quantitative estimate of drug-likeness (QED) is 0.726. The minimum Gasteiger partial charge on any atom is -0.334 e.